The fraction of sp³-hybridized carbons (Fsp3) is 0.357. The number of aromatic carboxylic acids is 1. The number of halogens is 1. The highest BCUT2D eigenvalue weighted by Crippen LogP contribution is 2.22. The average Bonchev–Trinajstić information content (AvgIpc) is 2.77. The number of rotatable bonds is 5. The fourth-order valence-electron chi connectivity index (χ4n) is 2.10. The van der Waals surface area contributed by atoms with Crippen molar-refractivity contribution in [1.29, 1.82) is 0 Å². The van der Waals surface area contributed by atoms with Gasteiger partial charge in [-0.15, -0.1) is 0 Å². The first-order valence-electron chi connectivity index (χ1n) is 6.65. The molecule has 0 amide bonds. The summed E-state index contributed by atoms with van der Waals surface area (Å²) in [5.74, 6) is -1.10. The third-order valence-electron chi connectivity index (χ3n) is 3.26. The van der Waals surface area contributed by atoms with E-state index in [1.807, 2.05) is 18.5 Å². The van der Waals surface area contributed by atoms with Crippen LogP contribution in [0.4, 0.5) is 0 Å². The summed E-state index contributed by atoms with van der Waals surface area (Å²) in [7, 11) is 0. The van der Waals surface area contributed by atoms with Crippen LogP contribution in [0.2, 0.25) is 0 Å². The standard InChI is InChI=1S/C14H16BrN3O3/c1-3-10-13(15)11(18(4-2)16-10)8-17-6-5-9(14(20)21)7-12(17)19/h5-7H,3-4,8H2,1-2H3,(H,20,21). The number of carboxylic acids is 1. The van der Waals surface area contributed by atoms with Crippen molar-refractivity contribution in [3.63, 3.8) is 0 Å². The zero-order valence-electron chi connectivity index (χ0n) is 11.8. The van der Waals surface area contributed by atoms with Gasteiger partial charge in [0, 0.05) is 18.8 Å². The first kappa shape index (κ1) is 15.5. The maximum absolute atomic E-state index is 12.0. The van der Waals surface area contributed by atoms with Gasteiger partial charge in [-0.3, -0.25) is 9.48 Å². The van der Waals surface area contributed by atoms with E-state index >= 15 is 0 Å². The summed E-state index contributed by atoms with van der Waals surface area (Å²) in [6.07, 6.45) is 2.30. The van der Waals surface area contributed by atoms with E-state index in [9.17, 15) is 9.59 Å². The highest BCUT2D eigenvalue weighted by molar-refractivity contribution is 9.10. The third-order valence-corrected chi connectivity index (χ3v) is 4.17. The van der Waals surface area contributed by atoms with Gasteiger partial charge in [0.25, 0.3) is 5.56 Å². The molecule has 0 atom stereocenters. The highest BCUT2D eigenvalue weighted by atomic mass is 79.9. The van der Waals surface area contributed by atoms with E-state index in [0.29, 0.717) is 13.1 Å². The summed E-state index contributed by atoms with van der Waals surface area (Å²) in [5, 5.41) is 13.4. The summed E-state index contributed by atoms with van der Waals surface area (Å²) in [6.45, 7) is 5.05. The van der Waals surface area contributed by atoms with Crippen LogP contribution in [0.3, 0.4) is 0 Å². The Hall–Kier alpha value is -1.89. The molecule has 0 saturated heterocycles. The molecule has 0 bridgehead atoms. The van der Waals surface area contributed by atoms with Crippen molar-refractivity contribution < 1.29 is 9.90 Å². The van der Waals surface area contributed by atoms with Crippen LogP contribution < -0.4 is 5.56 Å². The summed E-state index contributed by atoms with van der Waals surface area (Å²) in [4.78, 5) is 22.8. The van der Waals surface area contributed by atoms with Crippen LogP contribution in [0, 0.1) is 0 Å². The predicted octanol–water partition coefficient (Wildman–Crippen LogP) is 2.14. The van der Waals surface area contributed by atoms with E-state index in [1.54, 1.807) is 0 Å². The van der Waals surface area contributed by atoms with Crippen LogP contribution in [0.5, 0.6) is 0 Å². The van der Waals surface area contributed by atoms with Crippen LogP contribution >= 0.6 is 15.9 Å². The molecule has 21 heavy (non-hydrogen) atoms. The molecule has 0 aliphatic heterocycles. The normalized spacial score (nSPS) is 10.8. The lowest BCUT2D eigenvalue weighted by atomic mass is 10.2. The van der Waals surface area contributed by atoms with E-state index in [-0.39, 0.29) is 11.1 Å². The Morgan fingerprint density at radius 2 is 2.14 bits per heavy atom. The summed E-state index contributed by atoms with van der Waals surface area (Å²) < 4.78 is 4.22. The number of hydrogen-bond acceptors (Lipinski definition) is 3. The Kier molecular flexibility index (Phi) is 4.62. The maximum Gasteiger partial charge on any atom is 0.335 e. The van der Waals surface area contributed by atoms with Crippen molar-refractivity contribution in [3.8, 4) is 0 Å². The van der Waals surface area contributed by atoms with Gasteiger partial charge in [0.05, 0.1) is 28.0 Å². The molecule has 112 valence electrons. The molecule has 2 rings (SSSR count). The summed E-state index contributed by atoms with van der Waals surface area (Å²) >= 11 is 3.53. The minimum Gasteiger partial charge on any atom is -0.478 e. The Morgan fingerprint density at radius 3 is 2.67 bits per heavy atom. The van der Waals surface area contributed by atoms with E-state index < -0.39 is 5.97 Å². The van der Waals surface area contributed by atoms with Crippen molar-refractivity contribution in [2.45, 2.75) is 33.4 Å². The first-order valence-corrected chi connectivity index (χ1v) is 7.45. The van der Waals surface area contributed by atoms with Crippen molar-refractivity contribution in [2.24, 2.45) is 0 Å². The molecule has 2 heterocycles. The smallest absolute Gasteiger partial charge is 0.335 e. The number of carboxylic acid groups (broad SMARTS) is 1. The first-order chi connectivity index (χ1) is 9.97. The molecule has 7 heteroatoms. The molecule has 6 nitrogen and oxygen atoms in total. The molecule has 0 spiro atoms. The minimum atomic E-state index is -1.10. The van der Waals surface area contributed by atoms with Crippen LogP contribution in [0.1, 0.15) is 35.6 Å². The van der Waals surface area contributed by atoms with Crippen molar-refractivity contribution >= 4 is 21.9 Å². The lowest BCUT2D eigenvalue weighted by Gasteiger charge is -2.08. The molecule has 0 unspecified atom stereocenters. The highest BCUT2D eigenvalue weighted by Gasteiger charge is 2.15. The molecule has 0 aliphatic carbocycles. The average molecular weight is 354 g/mol. The second-order valence-electron chi connectivity index (χ2n) is 4.56. The van der Waals surface area contributed by atoms with Crippen molar-refractivity contribution in [1.82, 2.24) is 14.3 Å². The summed E-state index contributed by atoms with van der Waals surface area (Å²) in [5.41, 5.74) is 1.50. The molecule has 0 aromatic carbocycles. The molecular formula is C14H16BrN3O3. The quantitative estimate of drug-likeness (QED) is 0.893. The summed E-state index contributed by atoms with van der Waals surface area (Å²) in [6, 6.07) is 2.55. The molecule has 0 radical (unpaired) electrons. The van der Waals surface area contributed by atoms with Gasteiger partial charge in [0.1, 0.15) is 0 Å². The van der Waals surface area contributed by atoms with Gasteiger partial charge in [-0.2, -0.15) is 5.10 Å². The largest absolute Gasteiger partial charge is 0.478 e. The molecule has 2 aromatic heterocycles. The van der Waals surface area contributed by atoms with Crippen LogP contribution in [0.25, 0.3) is 0 Å². The Morgan fingerprint density at radius 1 is 1.43 bits per heavy atom. The molecule has 0 fully saturated rings. The molecule has 1 N–H and O–H groups in total. The number of aryl methyl sites for hydroxylation is 2. The van der Waals surface area contributed by atoms with Gasteiger partial charge < -0.3 is 9.67 Å². The number of aromatic nitrogens is 3. The Labute approximate surface area is 130 Å². The minimum absolute atomic E-state index is 0.00596. The Balaban J connectivity index is 2.41. The van der Waals surface area contributed by atoms with Gasteiger partial charge in [-0.25, -0.2) is 4.79 Å². The SMILES string of the molecule is CCc1nn(CC)c(Cn2ccc(C(=O)O)cc2=O)c1Br. The van der Waals surface area contributed by atoms with Gasteiger partial charge >= 0.3 is 5.97 Å². The van der Waals surface area contributed by atoms with Gasteiger partial charge in [0.2, 0.25) is 0 Å². The lowest BCUT2D eigenvalue weighted by Crippen LogP contribution is -2.22. The number of pyridine rings is 1. The molecular weight excluding hydrogens is 338 g/mol. The maximum atomic E-state index is 12.0. The van der Waals surface area contributed by atoms with Crippen LogP contribution in [-0.4, -0.2) is 25.4 Å². The lowest BCUT2D eigenvalue weighted by molar-refractivity contribution is 0.0696. The third kappa shape index (κ3) is 3.07. The number of hydrogen-bond donors (Lipinski definition) is 1. The second-order valence-corrected chi connectivity index (χ2v) is 5.36. The van der Waals surface area contributed by atoms with E-state index in [2.05, 4.69) is 21.0 Å². The topological polar surface area (TPSA) is 77.1 Å². The zero-order valence-corrected chi connectivity index (χ0v) is 13.4. The molecule has 0 aliphatic rings. The van der Waals surface area contributed by atoms with Gasteiger partial charge in [-0.1, -0.05) is 6.92 Å². The van der Waals surface area contributed by atoms with Crippen molar-refractivity contribution in [3.05, 3.63) is 50.1 Å². The molecule has 2 aromatic rings. The van der Waals surface area contributed by atoms with Crippen LogP contribution in [-0.2, 0) is 19.5 Å². The van der Waals surface area contributed by atoms with E-state index in [1.165, 1.54) is 16.8 Å². The van der Waals surface area contributed by atoms with Crippen molar-refractivity contribution in [2.75, 3.05) is 0 Å². The second kappa shape index (κ2) is 6.26. The monoisotopic (exact) mass is 353 g/mol. The molecule has 0 saturated carbocycles. The van der Waals surface area contributed by atoms with Crippen LogP contribution in [0.15, 0.2) is 27.6 Å². The fourth-order valence-corrected chi connectivity index (χ4v) is 2.79. The number of nitrogens with zero attached hydrogens (tertiary/aromatic N) is 3. The Bertz CT molecular complexity index is 734. The predicted molar refractivity (Wildman–Crippen MR) is 81.7 cm³/mol. The van der Waals surface area contributed by atoms with E-state index in [0.717, 1.165) is 28.3 Å². The number of carbonyl (C=O) groups is 1. The van der Waals surface area contributed by atoms with Gasteiger partial charge in [-0.05, 0) is 35.3 Å². The van der Waals surface area contributed by atoms with E-state index in [4.69, 9.17) is 5.11 Å². The van der Waals surface area contributed by atoms with Gasteiger partial charge in [0.15, 0.2) is 0 Å². The zero-order chi connectivity index (χ0) is 15.6.